The quantitative estimate of drug-likeness (QED) is 0.379. The van der Waals surface area contributed by atoms with E-state index in [1.54, 1.807) is 6.07 Å². The van der Waals surface area contributed by atoms with Crippen molar-refractivity contribution in [1.29, 1.82) is 0 Å². The van der Waals surface area contributed by atoms with Gasteiger partial charge in [0.05, 0.1) is 24.9 Å². The highest BCUT2D eigenvalue weighted by Crippen LogP contribution is 2.27. The third-order valence-corrected chi connectivity index (χ3v) is 4.92. The van der Waals surface area contributed by atoms with Gasteiger partial charge in [0.1, 0.15) is 5.75 Å². The molecule has 2 aliphatic heterocycles. The number of aromatic hydroxyl groups is 1. The molecule has 0 amide bonds. The van der Waals surface area contributed by atoms with Crippen LogP contribution in [0.2, 0.25) is 0 Å². The molecule has 0 spiro atoms. The molecule has 152 valence electrons. The number of nitrogens with one attached hydrogen (secondary N) is 1. The Morgan fingerprint density at radius 1 is 1.22 bits per heavy atom. The highest BCUT2D eigenvalue weighted by Gasteiger charge is 2.22. The molecule has 7 nitrogen and oxygen atoms in total. The van der Waals surface area contributed by atoms with Gasteiger partial charge < -0.3 is 29.9 Å². The number of ether oxygens (including phenoxy) is 1. The van der Waals surface area contributed by atoms with Gasteiger partial charge in [-0.1, -0.05) is 12.1 Å². The predicted molar refractivity (Wildman–Crippen MR) is 121 cm³/mol. The molecule has 0 aromatic heterocycles. The van der Waals surface area contributed by atoms with E-state index in [0.717, 1.165) is 64.1 Å². The summed E-state index contributed by atoms with van der Waals surface area (Å²) in [5.41, 5.74) is 0.910. The second kappa shape index (κ2) is 10.9. The molecular formula is C19H32IN5O2. The van der Waals surface area contributed by atoms with Gasteiger partial charge in [0.25, 0.3) is 0 Å². The van der Waals surface area contributed by atoms with Crippen LogP contribution in [0, 0.1) is 0 Å². The predicted octanol–water partition coefficient (Wildman–Crippen LogP) is 1.43. The third-order valence-electron chi connectivity index (χ3n) is 4.92. The second-order valence-electron chi connectivity index (χ2n) is 6.91. The summed E-state index contributed by atoms with van der Waals surface area (Å²) in [7, 11) is 2.13. The van der Waals surface area contributed by atoms with Crippen LogP contribution < -0.4 is 10.2 Å². The van der Waals surface area contributed by atoms with Crippen LogP contribution in [-0.4, -0.2) is 93.0 Å². The van der Waals surface area contributed by atoms with Gasteiger partial charge in [-0.15, -0.1) is 24.0 Å². The number of benzene rings is 1. The number of para-hydroxylation sites is 2. The lowest BCUT2D eigenvalue weighted by Crippen LogP contribution is -2.53. The molecule has 2 saturated heterocycles. The van der Waals surface area contributed by atoms with E-state index in [9.17, 15) is 5.11 Å². The monoisotopic (exact) mass is 489 g/mol. The molecule has 0 saturated carbocycles. The molecule has 3 rings (SSSR count). The summed E-state index contributed by atoms with van der Waals surface area (Å²) in [5.74, 6) is 1.31. The van der Waals surface area contributed by atoms with Gasteiger partial charge in [-0.2, -0.15) is 0 Å². The normalized spacial score (nSPS) is 21.7. The highest BCUT2D eigenvalue weighted by molar-refractivity contribution is 14.0. The topological polar surface area (TPSA) is 63.6 Å². The SMILES string of the molecule is CCNC(=NCC1CN(C)CCO1)N1CCN(c2ccccc2O)CC1.I. The summed E-state index contributed by atoms with van der Waals surface area (Å²) < 4.78 is 5.82. The van der Waals surface area contributed by atoms with E-state index in [2.05, 4.69) is 34.0 Å². The van der Waals surface area contributed by atoms with Crippen molar-refractivity contribution in [3.05, 3.63) is 24.3 Å². The number of guanidine groups is 1. The first-order chi connectivity index (χ1) is 12.7. The fourth-order valence-corrected chi connectivity index (χ4v) is 3.48. The lowest BCUT2D eigenvalue weighted by Gasteiger charge is -2.38. The van der Waals surface area contributed by atoms with Gasteiger partial charge in [-0.25, -0.2) is 0 Å². The van der Waals surface area contributed by atoms with Crippen molar-refractivity contribution in [2.75, 3.05) is 70.9 Å². The minimum absolute atomic E-state index is 0. The second-order valence-corrected chi connectivity index (χ2v) is 6.91. The minimum atomic E-state index is 0. The molecule has 0 bridgehead atoms. The molecule has 2 heterocycles. The molecule has 27 heavy (non-hydrogen) atoms. The lowest BCUT2D eigenvalue weighted by atomic mass is 10.2. The van der Waals surface area contributed by atoms with Crippen LogP contribution in [0.25, 0.3) is 0 Å². The Bertz CT molecular complexity index is 608. The summed E-state index contributed by atoms with van der Waals surface area (Å²) in [4.78, 5) is 11.6. The van der Waals surface area contributed by atoms with Crippen molar-refractivity contribution in [2.45, 2.75) is 13.0 Å². The van der Waals surface area contributed by atoms with Gasteiger partial charge >= 0.3 is 0 Å². The van der Waals surface area contributed by atoms with Crippen molar-refractivity contribution in [3.63, 3.8) is 0 Å². The summed E-state index contributed by atoms with van der Waals surface area (Å²) in [6.07, 6.45) is 0.171. The molecule has 8 heteroatoms. The van der Waals surface area contributed by atoms with Gasteiger partial charge in [0.2, 0.25) is 0 Å². The Morgan fingerprint density at radius 2 is 1.96 bits per heavy atom. The Labute approximate surface area is 179 Å². The van der Waals surface area contributed by atoms with E-state index < -0.39 is 0 Å². The van der Waals surface area contributed by atoms with E-state index in [0.29, 0.717) is 12.3 Å². The van der Waals surface area contributed by atoms with Crippen LogP contribution in [0.1, 0.15) is 6.92 Å². The molecule has 2 fully saturated rings. The zero-order valence-electron chi connectivity index (χ0n) is 16.3. The average molecular weight is 489 g/mol. The summed E-state index contributed by atoms with van der Waals surface area (Å²) in [5, 5.41) is 13.5. The number of likely N-dealkylation sites (N-methyl/N-ethyl adjacent to an activating group) is 1. The number of hydrogen-bond donors (Lipinski definition) is 2. The Morgan fingerprint density at radius 3 is 2.63 bits per heavy atom. The fraction of sp³-hybridized carbons (Fsp3) is 0.632. The number of hydrogen-bond acceptors (Lipinski definition) is 5. The summed E-state index contributed by atoms with van der Waals surface area (Å²) in [6, 6.07) is 7.54. The maximum Gasteiger partial charge on any atom is 0.194 e. The molecule has 1 atom stereocenters. The minimum Gasteiger partial charge on any atom is -0.506 e. The number of rotatable bonds is 4. The van der Waals surface area contributed by atoms with Crippen LogP contribution >= 0.6 is 24.0 Å². The number of nitrogens with zero attached hydrogens (tertiary/aromatic N) is 4. The molecule has 1 unspecified atom stereocenters. The standard InChI is InChI=1S/C19H31N5O2.HI/c1-3-20-19(21-14-16-15-22(2)12-13-26-16)24-10-8-23(9-11-24)17-6-4-5-7-18(17)25;/h4-7,16,25H,3,8-15H2,1-2H3,(H,20,21);1H. The van der Waals surface area contributed by atoms with E-state index in [4.69, 9.17) is 9.73 Å². The Hall–Kier alpha value is -1.26. The van der Waals surface area contributed by atoms with Crippen LogP contribution in [0.5, 0.6) is 5.75 Å². The molecule has 2 N–H and O–H groups in total. The Kier molecular flexibility index (Phi) is 8.91. The van der Waals surface area contributed by atoms with Crippen molar-refractivity contribution >= 4 is 35.6 Å². The smallest absolute Gasteiger partial charge is 0.194 e. The summed E-state index contributed by atoms with van der Waals surface area (Å²) >= 11 is 0. The maximum atomic E-state index is 10.1. The fourth-order valence-electron chi connectivity index (χ4n) is 3.48. The number of morpholine rings is 1. The highest BCUT2D eigenvalue weighted by atomic mass is 127. The number of halogens is 1. The number of piperazine rings is 1. The third kappa shape index (κ3) is 6.11. The van der Waals surface area contributed by atoms with Gasteiger partial charge in [0.15, 0.2) is 5.96 Å². The van der Waals surface area contributed by atoms with E-state index in [-0.39, 0.29) is 30.1 Å². The largest absolute Gasteiger partial charge is 0.506 e. The molecule has 0 aliphatic carbocycles. The van der Waals surface area contributed by atoms with Crippen LogP contribution in [0.3, 0.4) is 0 Å². The zero-order chi connectivity index (χ0) is 18.4. The zero-order valence-corrected chi connectivity index (χ0v) is 18.6. The number of aliphatic imine (C=N–C) groups is 1. The van der Waals surface area contributed by atoms with E-state index in [1.807, 2.05) is 18.2 Å². The van der Waals surface area contributed by atoms with Crippen LogP contribution in [0.4, 0.5) is 5.69 Å². The van der Waals surface area contributed by atoms with Gasteiger partial charge in [0, 0.05) is 45.8 Å². The average Bonchev–Trinajstić information content (AvgIpc) is 2.66. The Balaban J connectivity index is 0.00000261. The molecule has 2 aliphatic rings. The first-order valence-electron chi connectivity index (χ1n) is 9.53. The molecular weight excluding hydrogens is 457 g/mol. The first-order valence-corrected chi connectivity index (χ1v) is 9.53. The van der Waals surface area contributed by atoms with Crippen molar-refractivity contribution < 1.29 is 9.84 Å². The van der Waals surface area contributed by atoms with Crippen molar-refractivity contribution in [1.82, 2.24) is 15.1 Å². The summed E-state index contributed by atoms with van der Waals surface area (Å²) in [6.45, 7) is 9.84. The van der Waals surface area contributed by atoms with Crippen molar-refractivity contribution in [2.24, 2.45) is 4.99 Å². The molecule has 0 radical (unpaired) electrons. The van der Waals surface area contributed by atoms with Crippen LogP contribution in [0.15, 0.2) is 29.3 Å². The van der Waals surface area contributed by atoms with Gasteiger partial charge in [-0.05, 0) is 26.1 Å². The molecule has 1 aromatic carbocycles. The lowest BCUT2D eigenvalue weighted by molar-refractivity contribution is -0.0137. The van der Waals surface area contributed by atoms with Gasteiger partial charge in [-0.3, -0.25) is 4.99 Å². The maximum absolute atomic E-state index is 10.1. The number of anilines is 1. The van der Waals surface area contributed by atoms with Crippen molar-refractivity contribution in [3.8, 4) is 5.75 Å². The van der Waals surface area contributed by atoms with E-state index in [1.165, 1.54) is 0 Å². The van der Waals surface area contributed by atoms with Crippen LogP contribution in [-0.2, 0) is 4.74 Å². The number of phenols is 1. The number of phenolic OH excluding ortho intramolecular Hbond substituents is 1. The molecule has 1 aromatic rings. The van der Waals surface area contributed by atoms with E-state index >= 15 is 0 Å². The first kappa shape index (κ1) is 22.0.